The van der Waals surface area contributed by atoms with E-state index < -0.39 is 0 Å². The van der Waals surface area contributed by atoms with Crippen molar-refractivity contribution in [1.29, 1.82) is 0 Å². The van der Waals surface area contributed by atoms with Crippen LogP contribution in [0.4, 0.5) is 5.69 Å². The van der Waals surface area contributed by atoms with Gasteiger partial charge in [0.1, 0.15) is 0 Å². The lowest BCUT2D eigenvalue weighted by Gasteiger charge is -2.11. The van der Waals surface area contributed by atoms with Crippen molar-refractivity contribution >= 4 is 52.1 Å². The first-order valence-corrected chi connectivity index (χ1v) is 12.5. The van der Waals surface area contributed by atoms with Gasteiger partial charge in [-0.05, 0) is 42.5 Å². The number of carbonyl (C=O) groups is 1. The van der Waals surface area contributed by atoms with Crippen molar-refractivity contribution < 1.29 is 4.79 Å². The summed E-state index contributed by atoms with van der Waals surface area (Å²) in [6, 6.07) is 25.2. The van der Waals surface area contributed by atoms with E-state index in [-0.39, 0.29) is 11.7 Å². The molecule has 0 saturated carbocycles. The number of anilines is 1. The largest absolute Gasteiger partial charge is 0.378 e. The first-order valence-electron chi connectivity index (χ1n) is 11.2. The average molecular weight is 516 g/mol. The molecular formula is C26H22ClN7OS. The lowest BCUT2D eigenvalue weighted by molar-refractivity contribution is -0.118. The number of fused-ring (bicyclic) bond motifs is 1. The monoisotopic (exact) mass is 515 g/mol. The van der Waals surface area contributed by atoms with Gasteiger partial charge >= 0.3 is 0 Å². The minimum atomic E-state index is -0.237. The Hall–Kier alpha value is -4.08. The Morgan fingerprint density at radius 1 is 1.03 bits per heavy atom. The summed E-state index contributed by atoms with van der Waals surface area (Å²) in [5.41, 5.74) is 6.34. The molecule has 2 aromatic heterocycles. The standard InChI is InChI=1S/C26H22ClN7OS/c27-19-10-12-20(13-11-19)28-16-24-31-33-26(34(24)21-6-2-1-3-7-21)36-17-25(35)32-30-15-18-14-29-23-9-5-4-8-22(18)23/h1-15,28-29H,16-17H2,(H,32,35)/b30-15+. The molecule has 0 aliphatic heterocycles. The molecule has 5 rings (SSSR count). The number of para-hydroxylation sites is 2. The molecule has 0 aliphatic rings. The number of benzene rings is 3. The van der Waals surface area contributed by atoms with Gasteiger partial charge in [-0.15, -0.1) is 10.2 Å². The van der Waals surface area contributed by atoms with Crippen molar-refractivity contribution in [2.45, 2.75) is 11.7 Å². The Kier molecular flexibility index (Phi) is 7.30. The molecule has 10 heteroatoms. The smallest absolute Gasteiger partial charge is 0.250 e. The molecule has 0 fully saturated rings. The number of thioether (sulfide) groups is 1. The number of H-pyrrole nitrogens is 1. The van der Waals surface area contributed by atoms with Crippen LogP contribution in [0, 0.1) is 0 Å². The van der Waals surface area contributed by atoms with Gasteiger partial charge in [-0.2, -0.15) is 5.10 Å². The third-order valence-corrected chi connectivity index (χ3v) is 6.54. The highest BCUT2D eigenvalue weighted by molar-refractivity contribution is 7.99. The van der Waals surface area contributed by atoms with Gasteiger partial charge in [0.15, 0.2) is 11.0 Å². The zero-order valence-electron chi connectivity index (χ0n) is 19.1. The summed E-state index contributed by atoms with van der Waals surface area (Å²) in [5, 5.41) is 18.5. The molecule has 0 radical (unpaired) electrons. The van der Waals surface area contributed by atoms with Crippen molar-refractivity contribution in [2.24, 2.45) is 5.10 Å². The highest BCUT2D eigenvalue weighted by Gasteiger charge is 2.16. The summed E-state index contributed by atoms with van der Waals surface area (Å²) < 4.78 is 1.94. The highest BCUT2D eigenvalue weighted by atomic mass is 35.5. The van der Waals surface area contributed by atoms with Gasteiger partial charge in [-0.3, -0.25) is 9.36 Å². The number of nitrogens with one attached hydrogen (secondary N) is 3. The normalized spacial score (nSPS) is 11.2. The second kappa shape index (κ2) is 11.1. The fourth-order valence-corrected chi connectivity index (χ4v) is 4.52. The number of nitrogens with zero attached hydrogens (tertiary/aromatic N) is 4. The number of aromatic amines is 1. The quantitative estimate of drug-likeness (QED) is 0.141. The maximum Gasteiger partial charge on any atom is 0.250 e. The number of aromatic nitrogens is 4. The van der Waals surface area contributed by atoms with E-state index in [1.165, 1.54) is 11.8 Å². The van der Waals surface area contributed by atoms with Crippen LogP contribution in [0.1, 0.15) is 11.4 Å². The molecule has 0 bridgehead atoms. The van der Waals surface area contributed by atoms with Crippen molar-refractivity contribution in [3.8, 4) is 5.69 Å². The lowest BCUT2D eigenvalue weighted by atomic mass is 10.2. The molecule has 0 atom stereocenters. The number of hydrogen-bond acceptors (Lipinski definition) is 6. The molecule has 5 aromatic rings. The zero-order chi connectivity index (χ0) is 24.7. The van der Waals surface area contributed by atoms with Crippen LogP contribution in [0.25, 0.3) is 16.6 Å². The van der Waals surface area contributed by atoms with E-state index in [0.29, 0.717) is 16.7 Å². The molecule has 3 N–H and O–H groups in total. The van der Waals surface area contributed by atoms with Crippen molar-refractivity contribution in [3.05, 3.63) is 101 Å². The van der Waals surface area contributed by atoms with Gasteiger partial charge in [0.2, 0.25) is 0 Å². The summed E-state index contributed by atoms with van der Waals surface area (Å²) in [7, 11) is 0. The molecular weight excluding hydrogens is 494 g/mol. The molecule has 180 valence electrons. The van der Waals surface area contributed by atoms with Crippen molar-refractivity contribution in [3.63, 3.8) is 0 Å². The molecule has 0 unspecified atom stereocenters. The predicted octanol–water partition coefficient (Wildman–Crippen LogP) is 5.26. The predicted molar refractivity (Wildman–Crippen MR) is 145 cm³/mol. The summed E-state index contributed by atoms with van der Waals surface area (Å²) in [5.74, 6) is 0.622. The maximum absolute atomic E-state index is 12.5. The van der Waals surface area contributed by atoms with E-state index in [2.05, 4.69) is 31.0 Å². The van der Waals surface area contributed by atoms with Crippen LogP contribution in [0.3, 0.4) is 0 Å². The lowest BCUT2D eigenvalue weighted by Crippen LogP contribution is -2.20. The van der Waals surface area contributed by atoms with Crippen LogP contribution < -0.4 is 10.7 Å². The fraction of sp³-hybridized carbons (Fsp3) is 0.0769. The molecule has 0 aliphatic carbocycles. The van der Waals surface area contributed by atoms with Crippen molar-refractivity contribution in [2.75, 3.05) is 11.1 Å². The SMILES string of the molecule is O=C(CSc1nnc(CNc2ccc(Cl)cc2)n1-c1ccccc1)N/N=C/c1c[nH]c2ccccc12. The van der Waals surface area contributed by atoms with Crippen LogP contribution >= 0.6 is 23.4 Å². The third kappa shape index (κ3) is 5.59. The third-order valence-electron chi connectivity index (χ3n) is 5.36. The van der Waals surface area contributed by atoms with Gasteiger partial charge in [0.25, 0.3) is 5.91 Å². The zero-order valence-corrected chi connectivity index (χ0v) is 20.6. The number of amides is 1. The molecule has 2 heterocycles. The minimum Gasteiger partial charge on any atom is -0.378 e. The van der Waals surface area contributed by atoms with Crippen LogP contribution in [-0.4, -0.2) is 37.6 Å². The average Bonchev–Trinajstić information content (AvgIpc) is 3.52. The number of hydrogen-bond donors (Lipinski definition) is 3. The van der Waals surface area contributed by atoms with E-state index in [9.17, 15) is 4.79 Å². The Bertz CT molecular complexity index is 1500. The Morgan fingerprint density at radius 2 is 1.81 bits per heavy atom. The van der Waals surface area contributed by atoms with Crippen LogP contribution in [0.15, 0.2) is 95.3 Å². The fourth-order valence-electron chi connectivity index (χ4n) is 3.63. The number of hydrazone groups is 1. The van der Waals surface area contributed by atoms with Gasteiger partial charge in [-0.25, -0.2) is 5.43 Å². The number of rotatable bonds is 9. The molecule has 3 aromatic carbocycles. The summed E-state index contributed by atoms with van der Waals surface area (Å²) in [4.78, 5) is 15.7. The van der Waals surface area contributed by atoms with E-state index in [1.54, 1.807) is 6.21 Å². The first-order chi connectivity index (χ1) is 17.7. The maximum atomic E-state index is 12.5. The Morgan fingerprint density at radius 3 is 2.64 bits per heavy atom. The number of halogens is 1. The number of carbonyl (C=O) groups excluding carboxylic acids is 1. The van der Waals surface area contributed by atoms with Gasteiger partial charge in [0.05, 0.1) is 18.5 Å². The molecule has 0 spiro atoms. The Labute approximate surface area is 216 Å². The second-order valence-electron chi connectivity index (χ2n) is 7.80. The van der Waals surface area contributed by atoms with Crippen LogP contribution in [0.5, 0.6) is 0 Å². The molecule has 1 amide bonds. The van der Waals surface area contributed by atoms with Gasteiger partial charge in [-0.1, -0.05) is 59.8 Å². The van der Waals surface area contributed by atoms with E-state index in [0.717, 1.165) is 33.7 Å². The van der Waals surface area contributed by atoms with Crippen LogP contribution in [-0.2, 0) is 11.3 Å². The minimum absolute atomic E-state index is 0.140. The summed E-state index contributed by atoms with van der Waals surface area (Å²) >= 11 is 7.28. The molecule has 36 heavy (non-hydrogen) atoms. The summed E-state index contributed by atoms with van der Waals surface area (Å²) in [6.45, 7) is 0.450. The molecule has 8 nitrogen and oxygen atoms in total. The van der Waals surface area contributed by atoms with E-state index >= 15 is 0 Å². The second-order valence-corrected chi connectivity index (χ2v) is 9.18. The highest BCUT2D eigenvalue weighted by Crippen LogP contribution is 2.23. The van der Waals surface area contributed by atoms with Gasteiger partial charge < -0.3 is 10.3 Å². The topological polar surface area (TPSA) is 100.0 Å². The Balaban J connectivity index is 1.25. The van der Waals surface area contributed by atoms with Crippen LogP contribution in [0.2, 0.25) is 5.02 Å². The van der Waals surface area contributed by atoms with Gasteiger partial charge in [0, 0.05) is 39.1 Å². The van der Waals surface area contributed by atoms with E-state index in [1.807, 2.05) is 89.6 Å². The molecule has 0 saturated heterocycles. The van der Waals surface area contributed by atoms with Crippen molar-refractivity contribution in [1.82, 2.24) is 25.2 Å². The van der Waals surface area contributed by atoms with E-state index in [4.69, 9.17) is 11.6 Å². The first kappa shape index (κ1) is 23.7. The summed E-state index contributed by atoms with van der Waals surface area (Å²) in [6.07, 6.45) is 3.49.